The number of unbranched alkanes of at least 4 members (excludes halogenated alkanes) is 4. The normalized spacial score (nSPS) is 13.7. The number of benzene rings is 1. The van der Waals surface area contributed by atoms with Crippen molar-refractivity contribution >= 4 is 10.1 Å². The second kappa shape index (κ2) is 13.2. The SMILES string of the molecule is CCCCCc1cc(CCCCC)cc(OC(C)C(C)S(=O)(=O)[O-])c1.[Na+]. The zero-order valence-electron chi connectivity index (χ0n) is 17.1. The summed E-state index contributed by atoms with van der Waals surface area (Å²) < 4.78 is 39.4. The Hall–Kier alpha value is -0.0700. The van der Waals surface area contributed by atoms with Gasteiger partial charge in [0.2, 0.25) is 0 Å². The number of hydrogen-bond acceptors (Lipinski definition) is 4. The van der Waals surface area contributed by atoms with Gasteiger partial charge in [-0.25, -0.2) is 8.42 Å². The van der Waals surface area contributed by atoms with Gasteiger partial charge in [0, 0.05) is 0 Å². The largest absolute Gasteiger partial charge is 1.00 e. The Bertz CT molecular complexity index is 588. The molecule has 2 atom stereocenters. The molecule has 0 N–H and O–H groups in total. The zero-order chi connectivity index (χ0) is 18.9. The van der Waals surface area contributed by atoms with Crippen LogP contribution in [0.1, 0.15) is 77.3 Å². The maximum absolute atomic E-state index is 11.2. The maximum atomic E-state index is 11.2. The standard InChI is InChI=1S/C20H34O4S.Na/c1-5-7-9-11-18-13-19(12-10-8-6-2)15-20(14-18)24-16(3)17(4)25(21,22)23;/h13-17H,5-12H2,1-4H3,(H,21,22,23);/q;+1/p-1. The van der Waals surface area contributed by atoms with Crippen molar-refractivity contribution in [2.24, 2.45) is 0 Å². The Morgan fingerprint density at radius 1 is 0.923 bits per heavy atom. The van der Waals surface area contributed by atoms with E-state index < -0.39 is 21.5 Å². The van der Waals surface area contributed by atoms with Crippen molar-refractivity contribution in [3.05, 3.63) is 29.3 Å². The molecule has 0 radical (unpaired) electrons. The molecule has 0 fully saturated rings. The van der Waals surface area contributed by atoms with Crippen LogP contribution in [0.3, 0.4) is 0 Å². The molecule has 1 rings (SSSR count). The van der Waals surface area contributed by atoms with Crippen molar-refractivity contribution in [1.82, 2.24) is 0 Å². The fourth-order valence-electron chi connectivity index (χ4n) is 2.79. The van der Waals surface area contributed by atoms with Crippen molar-refractivity contribution in [2.45, 2.75) is 90.4 Å². The Labute approximate surface area is 182 Å². The fraction of sp³-hybridized carbons (Fsp3) is 0.700. The van der Waals surface area contributed by atoms with E-state index in [0.717, 1.165) is 25.7 Å². The van der Waals surface area contributed by atoms with Gasteiger partial charge in [0.1, 0.15) is 22.0 Å². The molecule has 0 aliphatic heterocycles. The van der Waals surface area contributed by atoms with Crippen LogP contribution in [0.4, 0.5) is 0 Å². The van der Waals surface area contributed by atoms with E-state index in [-0.39, 0.29) is 29.6 Å². The molecule has 0 aliphatic carbocycles. The summed E-state index contributed by atoms with van der Waals surface area (Å²) in [4.78, 5) is 0. The summed E-state index contributed by atoms with van der Waals surface area (Å²) in [6, 6.07) is 6.20. The molecule has 2 unspecified atom stereocenters. The molecule has 0 spiro atoms. The number of ether oxygens (including phenoxy) is 1. The third kappa shape index (κ3) is 9.75. The smallest absolute Gasteiger partial charge is 0.748 e. The fourth-order valence-corrected chi connectivity index (χ4v) is 3.31. The van der Waals surface area contributed by atoms with Gasteiger partial charge in [-0.3, -0.25) is 0 Å². The van der Waals surface area contributed by atoms with Gasteiger partial charge in [0.25, 0.3) is 0 Å². The first kappa shape index (κ1) is 25.9. The average molecular weight is 393 g/mol. The van der Waals surface area contributed by atoms with Crippen LogP contribution in [0.15, 0.2) is 18.2 Å². The number of aryl methyl sites for hydroxylation is 2. The Morgan fingerprint density at radius 3 is 1.77 bits per heavy atom. The minimum atomic E-state index is -4.35. The van der Waals surface area contributed by atoms with Gasteiger partial charge >= 0.3 is 29.6 Å². The van der Waals surface area contributed by atoms with E-state index >= 15 is 0 Å². The minimum absolute atomic E-state index is 0. The molecular formula is C20H33NaO4S. The second-order valence-corrected chi connectivity index (χ2v) is 8.65. The second-order valence-electron chi connectivity index (χ2n) is 6.92. The Morgan fingerprint density at radius 2 is 1.38 bits per heavy atom. The number of rotatable bonds is 12. The molecule has 0 aliphatic rings. The van der Waals surface area contributed by atoms with Crippen LogP contribution in [0.2, 0.25) is 0 Å². The molecule has 0 aromatic heterocycles. The van der Waals surface area contributed by atoms with Gasteiger partial charge in [-0.05, 0) is 62.8 Å². The van der Waals surface area contributed by atoms with E-state index in [0.29, 0.717) is 5.75 Å². The van der Waals surface area contributed by atoms with Gasteiger partial charge in [-0.15, -0.1) is 0 Å². The molecule has 26 heavy (non-hydrogen) atoms. The summed E-state index contributed by atoms with van der Waals surface area (Å²) in [5.74, 6) is 0.670. The van der Waals surface area contributed by atoms with E-state index in [1.54, 1.807) is 6.92 Å². The molecule has 144 valence electrons. The van der Waals surface area contributed by atoms with E-state index in [9.17, 15) is 13.0 Å². The quantitative estimate of drug-likeness (QED) is 0.309. The molecule has 0 saturated heterocycles. The van der Waals surface area contributed by atoms with Crippen LogP contribution in [-0.4, -0.2) is 24.3 Å². The minimum Gasteiger partial charge on any atom is -0.748 e. The van der Waals surface area contributed by atoms with E-state index in [1.165, 1.54) is 43.7 Å². The van der Waals surface area contributed by atoms with Crippen LogP contribution in [0, 0.1) is 0 Å². The summed E-state index contributed by atoms with van der Waals surface area (Å²) in [7, 11) is -4.35. The van der Waals surface area contributed by atoms with Crippen molar-refractivity contribution in [1.29, 1.82) is 0 Å². The van der Waals surface area contributed by atoms with E-state index in [4.69, 9.17) is 4.74 Å². The molecule has 0 saturated carbocycles. The van der Waals surface area contributed by atoms with Gasteiger partial charge in [-0.2, -0.15) is 0 Å². The molecule has 0 heterocycles. The molecule has 6 heteroatoms. The van der Waals surface area contributed by atoms with Gasteiger partial charge < -0.3 is 9.29 Å². The maximum Gasteiger partial charge on any atom is 1.00 e. The summed E-state index contributed by atoms with van der Waals surface area (Å²) >= 11 is 0. The summed E-state index contributed by atoms with van der Waals surface area (Å²) in [6.07, 6.45) is 8.33. The third-order valence-corrected chi connectivity index (χ3v) is 5.90. The van der Waals surface area contributed by atoms with Crippen LogP contribution < -0.4 is 34.3 Å². The first-order valence-corrected chi connectivity index (χ1v) is 11.0. The van der Waals surface area contributed by atoms with Crippen LogP contribution in [-0.2, 0) is 23.0 Å². The summed E-state index contributed by atoms with van der Waals surface area (Å²) in [5, 5.41) is -1.07. The predicted octanol–water partition coefficient (Wildman–Crippen LogP) is 1.86. The predicted molar refractivity (Wildman–Crippen MR) is 102 cm³/mol. The van der Waals surface area contributed by atoms with Crippen molar-refractivity contribution in [3.8, 4) is 5.75 Å². The van der Waals surface area contributed by atoms with Gasteiger partial charge in [0.15, 0.2) is 0 Å². The molecule has 0 bridgehead atoms. The van der Waals surface area contributed by atoms with Crippen LogP contribution >= 0.6 is 0 Å². The Kier molecular flexibility index (Phi) is 13.1. The Balaban J connectivity index is 0.00000625. The third-order valence-electron chi connectivity index (χ3n) is 4.60. The van der Waals surface area contributed by atoms with Crippen LogP contribution in [0.25, 0.3) is 0 Å². The summed E-state index contributed by atoms with van der Waals surface area (Å²) in [6.45, 7) is 7.41. The monoisotopic (exact) mass is 392 g/mol. The van der Waals surface area contributed by atoms with Gasteiger partial charge in [0.05, 0.1) is 5.25 Å². The summed E-state index contributed by atoms with van der Waals surface area (Å²) in [5.41, 5.74) is 2.45. The number of hydrogen-bond donors (Lipinski definition) is 0. The molecule has 1 aromatic carbocycles. The van der Waals surface area contributed by atoms with Crippen molar-refractivity contribution < 1.29 is 47.3 Å². The zero-order valence-corrected chi connectivity index (χ0v) is 19.9. The first-order chi connectivity index (χ1) is 11.8. The average Bonchev–Trinajstić information content (AvgIpc) is 2.53. The van der Waals surface area contributed by atoms with E-state index in [2.05, 4.69) is 19.9 Å². The topological polar surface area (TPSA) is 66.4 Å². The van der Waals surface area contributed by atoms with Crippen molar-refractivity contribution in [3.63, 3.8) is 0 Å². The van der Waals surface area contributed by atoms with E-state index in [1.807, 2.05) is 12.1 Å². The van der Waals surface area contributed by atoms with Crippen LogP contribution in [0.5, 0.6) is 5.75 Å². The first-order valence-electron chi connectivity index (χ1n) is 9.52. The molecule has 4 nitrogen and oxygen atoms in total. The molecule has 0 amide bonds. The van der Waals surface area contributed by atoms with Gasteiger partial charge in [-0.1, -0.05) is 45.6 Å². The molecular weight excluding hydrogens is 359 g/mol. The molecule has 1 aromatic rings. The van der Waals surface area contributed by atoms with Crippen molar-refractivity contribution in [2.75, 3.05) is 0 Å².